The molecule has 1 aliphatic heterocycles. The molecular weight excluding hydrogens is 284 g/mol. The Morgan fingerprint density at radius 2 is 2.19 bits per heavy atom. The van der Waals surface area contributed by atoms with Crippen molar-refractivity contribution >= 4 is 17.7 Å². The zero-order chi connectivity index (χ0) is 14.7. The summed E-state index contributed by atoms with van der Waals surface area (Å²) >= 11 is 1.93. The minimum atomic E-state index is -0.129. The highest BCUT2D eigenvalue weighted by molar-refractivity contribution is 8.03. The maximum atomic E-state index is 11.7. The third kappa shape index (κ3) is 3.37. The van der Waals surface area contributed by atoms with Crippen molar-refractivity contribution in [3.05, 3.63) is 35.1 Å². The van der Waals surface area contributed by atoms with E-state index in [4.69, 9.17) is 9.15 Å². The number of hydrogen-bond acceptors (Lipinski definition) is 4. The molecule has 1 saturated carbocycles. The largest absolute Gasteiger partial charge is 0.472 e. The van der Waals surface area contributed by atoms with Crippen LogP contribution in [0.1, 0.15) is 49.3 Å². The van der Waals surface area contributed by atoms with Crippen LogP contribution in [-0.4, -0.2) is 13.1 Å². The third-order valence-corrected chi connectivity index (χ3v) is 6.16. The van der Waals surface area contributed by atoms with E-state index in [1.165, 1.54) is 49.7 Å². The fraction of sp³-hybridized carbons (Fsp3) is 0.588. The number of rotatable bonds is 4. The van der Waals surface area contributed by atoms with Crippen molar-refractivity contribution in [1.82, 2.24) is 0 Å². The minimum Gasteiger partial charge on any atom is -0.472 e. The molecule has 0 saturated heterocycles. The molecule has 0 N–H and O–H groups in total. The van der Waals surface area contributed by atoms with Crippen LogP contribution in [-0.2, 0) is 9.53 Å². The van der Waals surface area contributed by atoms with Crippen molar-refractivity contribution in [2.75, 3.05) is 7.11 Å². The van der Waals surface area contributed by atoms with Crippen LogP contribution < -0.4 is 0 Å². The zero-order valence-corrected chi connectivity index (χ0v) is 13.2. The Kier molecular flexibility index (Phi) is 4.73. The molecule has 2 atom stereocenters. The van der Waals surface area contributed by atoms with Crippen LogP contribution in [0, 0.1) is 11.8 Å². The van der Waals surface area contributed by atoms with Gasteiger partial charge in [0.25, 0.3) is 0 Å². The lowest BCUT2D eigenvalue weighted by Crippen LogP contribution is -2.11. The van der Waals surface area contributed by atoms with E-state index >= 15 is 0 Å². The first-order chi connectivity index (χ1) is 10.3. The number of ether oxygens (including phenoxy) is 1. The predicted molar refractivity (Wildman–Crippen MR) is 83.8 cm³/mol. The minimum absolute atomic E-state index is 0.129. The Bertz CT molecular complexity index is 500. The molecule has 1 aromatic rings. The van der Waals surface area contributed by atoms with Gasteiger partial charge in [-0.2, -0.15) is 0 Å². The van der Waals surface area contributed by atoms with E-state index in [0.29, 0.717) is 17.6 Å². The molecule has 3 nitrogen and oxygen atoms in total. The van der Waals surface area contributed by atoms with Gasteiger partial charge in [-0.05, 0) is 29.7 Å². The Hall–Kier alpha value is -1.16. The SMILES string of the molecule is COC(=O)CC1C=C(C2CCCCC2)SC1c1ccoc1. The van der Waals surface area contributed by atoms with Crippen LogP contribution in [0.4, 0.5) is 0 Å². The van der Waals surface area contributed by atoms with Crippen molar-refractivity contribution in [1.29, 1.82) is 0 Å². The van der Waals surface area contributed by atoms with E-state index in [-0.39, 0.29) is 11.9 Å². The highest BCUT2D eigenvalue weighted by Crippen LogP contribution is 2.53. The number of carbonyl (C=O) groups excluding carboxylic acids is 1. The Balaban J connectivity index is 1.76. The lowest BCUT2D eigenvalue weighted by molar-refractivity contribution is -0.141. The predicted octanol–water partition coefficient (Wildman–Crippen LogP) is 4.71. The fourth-order valence-electron chi connectivity index (χ4n) is 3.38. The molecule has 21 heavy (non-hydrogen) atoms. The molecular formula is C17H22O3S. The molecule has 2 aliphatic rings. The van der Waals surface area contributed by atoms with Gasteiger partial charge in [0.05, 0.1) is 26.1 Å². The summed E-state index contributed by atoms with van der Waals surface area (Å²) in [5.41, 5.74) is 1.18. The molecule has 2 unspecified atom stereocenters. The Morgan fingerprint density at radius 1 is 1.38 bits per heavy atom. The van der Waals surface area contributed by atoms with Crippen LogP contribution in [0.15, 0.2) is 34.0 Å². The van der Waals surface area contributed by atoms with E-state index in [1.54, 1.807) is 12.5 Å². The molecule has 0 radical (unpaired) electrons. The van der Waals surface area contributed by atoms with Gasteiger partial charge in [0.15, 0.2) is 0 Å². The second-order valence-electron chi connectivity index (χ2n) is 5.94. The van der Waals surface area contributed by atoms with Gasteiger partial charge in [-0.3, -0.25) is 4.79 Å². The zero-order valence-electron chi connectivity index (χ0n) is 12.4. The Morgan fingerprint density at radius 3 is 2.86 bits per heavy atom. The Labute approximate surface area is 130 Å². The van der Waals surface area contributed by atoms with Crippen molar-refractivity contribution in [3.63, 3.8) is 0 Å². The summed E-state index contributed by atoms with van der Waals surface area (Å²) in [4.78, 5) is 13.2. The summed E-state index contributed by atoms with van der Waals surface area (Å²) < 4.78 is 10.1. The topological polar surface area (TPSA) is 39.4 Å². The molecule has 0 amide bonds. The molecule has 1 aliphatic carbocycles. The maximum absolute atomic E-state index is 11.7. The van der Waals surface area contributed by atoms with Crippen LogP contribution >= 0.6 is 11.8 Å². The van der Waals surface area contributed by atoms with Crippen molar-refractivity contribution in [2.45, 2.75) is 43.8 Å². The van der Waals surface area contributed by atoms with Gasteiger partial charge >= 0.3 is 5.97 Å². The molecule has 1 aromatic heterocycles. The second kappa shape index (κ2) is 6.73. The summed E-state index contributed by atoms with van der Waals surface area (Å²) in [7, 11) is 1.46. The summed E-state index contributed by atoms with van der Waals surface area (Å²) in [5.74, 6) is 0.785. The van der Waals surface area contributed by atoms with Crippen LogP contribution in [0.5, 0.6) is 0 Å². The molecule has 0 bridgehead atoms. The van der Waals surface area contributed by atoms with Gasteiger partial charge in [0.2, 0.25) is 0 Å². The molecule has 4 heteroatoms. The summed E-state index contributed by atoms with van der Waals surface area (Å²) in [6, 6.07) is 2.01. The lowest BCUT2D eigenvalue weighted by atomic mass is 9.87. The van der Waals surface area contributed by atoms with Crippen molar-refractivity contribution < 1.29 is 13.9 Å². The number of esters is 1. The smallest absolute Gasteiger partial charge is 0.306 e. The number of hydrogen-bond donors (Lipinski definition) is 0. The monoisotopic (exact) mass is 306 g/mol. The van der Waals surface area contributed by atoms with E-state index in [9.17, 15) is 4.79 Å². The lowest BCUT2D eigenvalue weighted by Gasteiger charge is -2.23. The van der Waals surface area contributed by atoms with Gasteiger partial charge in [-0.25, -0.2) is 0 Å². The number of thioether (sulfide) groups is 1. The second-order valence-corrected chi connectivity index (χ2v) is 7.16. The van der Waals surface area contributed by atoms with Gasteiger partial charge in [0, 0.05) is 16.7 Å². The number of furan rings is 1. The molecule has 1 fully saturated rings. The summed E-state index contributed by atoms with van der Waals surface area (Å²) in [6.07, 6.45) is 12.9. The van der Waals surface area contributed by atoms with Crippen molar-refractivity contribution in [2.24, 2.45) is 11.8 Å². The maximum Gasteiger partial charge on any atom is 0.306 e. The number of allylic oxidation sites excluding steroid dienone is 2. The van der Waals surface area contributed by atoms with E-state index in [2.05, 4.69) is 6.08 Å². The number of carbonyl (C=O) groups is 1. The van der Waals surface area contributed by atoms with E-state index in [1.807, 2.05) is 17.8 Å². The molecule has 0 aromatic carbocycles. The highest BCUT2D eigenvalue weighted by Gasteiger charge is 2.35. The van der Waals surface area contributed by atoms with Crippen LogP contribution in [0.25, 0.3) is 0 Å². The van der Waals surface area contributed by atoms with Gasteiger partial charge in [0.1, 0.15) is 0 Å². The summed E-state index contributed by atoms with van der Waals surface area (Å²) in [6.45, 7) is 0. The van der Waals surface area contributed by atoms with E-state index < -0.39 is 0 Å². The number of methoxy groups -OCH3 is 1. The first-order valence-corrected chi connectivity index (χ1v) is 8.63. The van der Waals surface area contributed by atoms with E-state index in [0.717, 1.165) is 0 Å². The average Bonchev–Trinajstić information content (AvgIpc) is 3.17. The highest BCUT2D eigenvalue weighted by atomic mass is 32.2. The van der Waals surface area contributed by atoms with Crippen LogP contribution in [0.3, 0.4) is 0 Å². The molecule has 3 rings (SSSR count). The molecule has 0 spiro atoms. The first kappa shape index (κ1) is 14.8. The first-order valence-electron chi connectivity index (χ1n) is 7.75. The average molecular weight is 306 g/mol. The van der Waals surface area contributed by atoms with Crippen molar-refractivity contribution in [3.8, 4) is 0 Å². The van der Waals surface area contributed by atoms with Gasteiger partial charge in [-0.1, -0.05) is 25.3 Å². The summed E-state index contributed by atoms with van der Waals surface area (Å²) in [5, 5.41) is 0.291. The molecule has 2 heterocycles. The third-order valence-electron chi connectivity index (χ3n) is 4.54. The normalized spacial score (nSPS) is 26.6. The molecule has 114 valence electrons. The fourth-order valence-corrected chi connectivity index (χ4v) is 4.98. The van der Waals surface area contributed by atoms with Crippen LogP contribution in [0.2, 0.25) is 0 Å². The standard InChI is InChI=1S/C17H22O3S/c1-19-16(18)10-14-9-15(12-5-3-2-4-6-12)21-17(14)13-7-8-20-11-13/h7-9,11-12,14,17H,2-6,10H2,1H3. The van der Waals surface area contributed by atoms with Gasteiger partial charge in [-0.15, -0.1) is 11.8 Å². The van der Waals surface area contributed by atoms with Gasteiger partial charge < -0.3 is 9.15 Å². The quantitative estimate of drug-likeness (QED) is 0.755.